The zero-order valence-electron chi connectivity index (χ0n) is 21.2. The minimum atomic E-state index is -0.707. The number of carbonyl (C=O) groups excluding carboxylic acids is 2. The molecular weight excluding hydrogens is 468 g/mol. The molecule has 0 bridgehead atoms. The molecule has 6 N–H and O–H groups in total. The average molecular weight is 503 g/mol. The number of fused-ring (bicyclic) bond motifs is 2. The molecule has 2 aromatic rings. The molecule has 0 radical (unpaired) electrons. The van der Waals surface area contributed by atoms with Gasteiger partial charge in [0.15, 0.2) is 5.82 Å². The van der Waals surface area contributed by atoms with Crippen molar-refractivity contribution < 1.29 is 9.59 Å². The lowest BCUT2D eigenvalue weighted by atomic mass is 9.99. The molecule has 10 nitrogen and oxygen atoms in total. The quantitative estimate of drug-likeness (QED) is 0.429. The van der Waals surface area contributed by atoms with E-state index in [1.165, 1.54) is 0 Å². The van der Waals surface area contributed by atoms with Crippen LogP contribution in [0.3, 0.4) is 0 Å². The van der Waals surface area contributed by atoms with E-state index in [1.807, 2.05) is 31.2 Å². The maximum Gasteiger partial charge on any atom is 0.250 e. The maximum absolute atomic E-state index is 13.4. The van der Waals surface area contributed by atoms with Crippen LogP contribution in [-0.2, 0) is 28.0 Å². The number of nitrogens with one attached hydrogen (secondary N) is 2. The van der Waals surface area contributed by atoms with Crippen LogP contribution in [0.15, 0.2) is 35.0 Å². The molecule has 194 valence electrons. The first-order valence-electron chi connectivity index (χ1n) is 13.0. The number of nitrogens with two attached hydrogens (primary N) is 2. The molecule has 4 heterocycles. The van der Waals surface area contributed by atoms with Crippen molar-refractivity contribution in [1.82, 2.24) is 20.2 Å². The van der Waals surface area contributed by atoms with Crippen LogP contribution in [0.2, 0.25) is 0 Å². The van der Waals surface area contributed by atoms with Crippen LogP contribution in [0.4, 0.5) is 11.5 Å². The molecule has 2 aliphatic heterocycles. The molecule has 0 aromatic carbocycles. The first kappa shape index (κ1) is 25.0. The third-order valence-electron chi connectivity index (χ3n) is 7.16. The molecule has 2 amide bonds. The van der Waals surface area contributed by atoms with E-state index >= 15 is 0 Å². The van der Waals surface area contributed by atoms with E-state index in [1.54, 1.807) is 11.1 Å². The smallest absolute Gasteiger partial charge is 0.250 e. The summed E-state index contributed by atoms with van der Waals surface area (Å²) in [6.07, 6.45) is 6.91. The Morgan fingerprint density at radius 2 is 2.08 bits per heavy atom. The van der Waals surface area contributed by atoms with E-state index in [9.17, 15) is 9.59 Å². The number of hydrogen-bond acceptors (Lipinski definition) is 8. The van der Waals surface area contributed by atoms with E-state index in [-0.39, 0.29) is 18.2 Å². The highest BCUT2D eigenvalue weighted by atomic mass is 16.2. The van der Waals surface area contributed by atoms with Gasteiger partial charge in [-0.3, -0.25) is 14.6 Å². The summed E-state index contributed by atoms with van der Waals surface area (Å²) >= 11 is 0. The van der Waals surface area contributed by atoms with E-state index in [4.69, 9.17) is 16.5 Å². The number of nitrogens with zero attached hydrogens (tertiary/aromatic N) is 4. The minimum Gasteiger partial charge on any atom is -0.387 e. The zero-order valence-corrected chi connectivity index (χ0v) is 21.2. The van der Waals surface area contributed by atoms with Crippen LogP contribution in [0.25, 0.3) is 6.08 Å². The Balaban J connectivity index is 1.38. The van der Waals surface area contributed by atoms with Gasteiger partial charge in [0, 0.05) is 62.4 Å². The zero-order chi connectivity index (χ0) is 26.0. The molecule has 10 heteroatoms. The van der Waals surface area contributed by atoms with Crippen molar-refractivity contribution in [3.63, 3.8) is 0 Å². The van der Waals surface area contributed by atoms with Crippen molar-refractivity contribution in [3.8, 4) is 0 Å². The summed E-state index contributed by atoms with van der Waals surface area (Å²) in [6, 6.07) is 5.73. The fourth-order valence-electron chi connectivity index (χ4n) is 5.01. The molecule has 1 aliphatic carbocycles. The number of amidine groups is 1. The summed E-state index contributed by atoms with van der Waals surface area (Å²) in [4.78, 5) is 42.1. The van der Waals surface area contributed by atoms with Crippen molar-refractivity contribution in [2.75, 3.05) is 31.5 Å². The number of amides is 2. The molecule has 3 aliphatic rings. The van der Waals surface area contributed by atoms with E-state index in [0.29, 0.717) is 66.6 Å². The van der Waals surface area contributed by atoms with E-state index in [0.717, 1.165) is 37.2 Å². The summed E-state index contributed by atoms with van der Waals surface area (Å²) in [7, 11) is 0. The molecule has 37 heavy (non-hydrogen) atoms. The van der Waals surface area contributed by atoms with Crippen molar-refractivity contribution in [3.05, 3.63) is 52.5 Å². The lowest BCUT2D eigenvalue weighted by Gasteiger charge is -2.22. The topological polar surface area (TPSA) is 152 Å². The molecule has 0 saturated heterocycles. The Hall–Kier alpha value is -3.63. The van der Waals surface area contributed by atoms with Crippen LogP contribution in [0.1, 0.15) is 55.1 Å². The number of anilines is 1. The van der Waals surface area contributed by atoms with Crippen molar-refractivity contribution in [2.24, 2.45) is 16.5 Å². The Morgan fingerprint density at radius 1 is 1.24 bits per heavy atom. The molecule has 1 saturated carbocycles. The summed E-state index contributed by atoms with van der Waals surface area (Å²) in [5.41, 5.74) is 16.0. The van der Waals surface area contributed by atoms with Gasteiger partial charge in [-0.2, -0.15) is 0 Å². The molecule has 1 fully saturated rings. The second-order valence-electron chi connectivity index (χ2n) is 9.93. The number of aliphatic imine (C=N–C) groups is 1. The Bertz CT molecular complexity index is 1280. The van der Waals surface area contributed by atoms with Gasteiger partial charge in [-0.1, -0.05) is 6.92 Å². The Kier molecular flexibility index (Phi) is 7.03. The number of rotatable bonds is 8. The largest absolute Gasteiger partial charge is 0.387 e. The van der Waals surface area contributed by atoms with Crippen molar-refractivity contribution in [2.45, 2.75) is 51.0 Å². The molecule has 2 aromatic heterocycles. The van der Waals surface area contributed by atoms with Gasteiger partial charge in [-0.15, -0.1) is 0 Å². The number of aromatic nitrogens is 2. The molecular formula is C27H34N8O2. The number of carbonyl (C=O) groups is 2. The normalized spacial score (nSPS) is 17.5. The number of hydrogen-bond donors (Lipinski definition) is 4. The lowest BCUT2D eigenvalue weighted by Crippen LogP contribution is -2.37. The third kappa shape index (κ3) is 5.12. The summed E-state index contributed by atoms with van der Waals surface area (Å²) in [5.74, 6) is 0.559. The van der Waals surface area contributed by atoms with Crippen LogP contribution in [0, 0.1) is 0 Å². The first-order chi connectivity index (χ1) is 17.9. The predicted molar refractivity (Wildman–Crippen MR) is 143 cm³/mol. The SMILES string of the molecule is CCCN(CCN)C(=O)C1=Cc2ccc(C3(C(=O)Nc4cnc5c(c4)CNCC5)CC3)nc2N=C(N)C1. The molecule has 0 spiro atoms. The molecule has 0 unspecified atom stereocenters. The molecule has 5 rings (SSSR count). The second-order valence-corrected chi connectivity index (χ2v) is 9.93. The van der Waals surface area contributed by atoms with Crippen LogP contribution in [0.5, 0.6) is 0 Å². The fourth-order valence-corrected chi connectivity index (χ4v) is 5.01. The highest BCUT2D eigenvalue weighted by Crippen LogP contribution is 2.49. The first-order valence-corrected chi connectivity index (χ1v) is 13.0. The van der Waals surface area contributed by atoms with Gasteiger partial charge in [0.2, 0.25) is 11.8 Å². The lowest BCUT2D eigenvalue weighted by molar-refractivity contribution is -0.127. The van der Waals surface area contributed by atoms with Crippen LogP contribution < -0.4 is 22.1 Å². The monoisotopic (exact) mass is 502 g/mol. The fraction of sp³-hybridized carbons (Fsp3) is 0.444. The Morgan fingerprint density at radius 3 is 2.84 bits per heavy atom. The third-order valence-corrected chi connectivity index (χ3v) is 7.16. The van der Waals surface area contributed by atoms with E-state index in [2.05, 4.69) is 20.6 Å². The van der Waals surface area contributed by atoms with Crippen molar-refractivity contribution in [1.29, 1.82) is 0 Å². The Labute approximate surface area is 216 Å². The van der Waals surface area contributed by atoms with Gasteiger partial charge in [-0.05, 0) is 49.1 Å². The number of pyridine rings is 2. The molecule has 0 atom stereocenters. The highest BCUT2D eigenvalue weighted by Gasteiger charge is 2.53. The van der Waals surface area contributed by atoms with Gasteiger partial charge in [-0.25, -0.2) is 9.98 Å². The minimum absolute atomic E-state index is 0.0886. The van der Waals surface area contributed by atoms with Crippen LogP contribution >= 0.6 is 0 Å². The van der Waals surface area contributed by atoms with Crippen LogP contribution in [-0.4, -0.2) is 58.7 Å². The van der Waals surface area contributed by atoms with Gasteiger partial charge < -0.3 is 27.0 Å². The van der Waals surface area contributed by atoms with Gasteiger partial charge in [0.25, 0.3) is 0 Å². The summed E-state index contributed by atoms with van der Waals surface area (Å²) in [6.45, 7) is 5.21. The van der Waals surface area contributed by atoms with Gasteiger partial charge in [0.05, 0.1) is 23.0 Å². The van der Waals surface area contributed by atoms with Gasteiger partial charge >= 0.3 is 0 Å². The highest BCUT2D eigenvalue weighted by molar-refractivity contribution is 6.05. The second kappa shape index (κ2) is 10.4. The maximum atomic E-state index is 13.4. The van der Waals surface area contributed by atoms with Crippen molar-refractivity contribution >= 4 is 35.2 Å². The van der Waals surface area contributed by atoms with E-state index < -0.39 is 5.41 Å². The van der Waals surface area contributed by atoms with Gasteiger partial charge in [0.1, 0.15) is 5.84 Å². The predicted octanol–water partition coefficient (Wildman–Crippen LogP) is 1.77. The average Bonchev–Trinajstić information content (AvgIpc) is 3.72. The summed E-state index contributed by atoms with van der Waals surface area (Å²) in [5, 5.41) is 6.39. The summed E-state index contributed by atoms with van der Waals surface area (Å²) < 4.78 is 0. The standard InChI is InChI=1S/C27H34N8O2/c1-2-10-35(11-8-28)25(36)18-12-17-3-4-22(33-24(17)34-23(29)14-18)27(6-7-27)26(37)32-20-13-19-15-30-9-5-21(19)31-16-20/h3-4,12-13,16,30H,2,5-11,14-15,28H2,1H3,(H,32,37)(H2,29,33,34).